The highest BCUT2D eigenvalue weighted by molar-refractivity contribution is 7.13. The number of hydrogen-bond donors (Lipinski definition) is 2. The number of thiazole rings is 1. The summed E-state index contributed by atoms with van der Waals surface area (Å²) >= 11 is 1.60. The Bertz CT molecular complexity index is 658. The van der Waals surface area contributed by atoms with Crippen LogP contribution in [0.15, 0.2) is 29.9 Å². The van der Waals surface area contributed by atoms with Gasteiger partial charge in [-0.2, -0.15) is 0 Å². The van der Waals surface area contributed by atoms with E-state index in [1.54, 1.807) is 23.7 Å². The van der Waals surface area contributed by atoms with Gasteiger partial charge in [-0.1, -0.05) is 0 Å². The number of nitrogens with one attached hydrogen (secondary N) is 2. The molecule has 6 nitrogen and oxygen atoms in total. The van der Waals surface area contributed by atoms with Crippen molar-refractivity contribution < 1.29 is 9.53 Å². The molecule has 122 valence electrons. The van der Waals surface area contributed by atoms with Gasteiger partial charge in [0.1, 0.15) is 5.69 Å². The van der Waals surface area contributed by atoms with Crippen LogP contribution in [0.1, 0.15) is 29.8 Å². The number of likely N-dealkylation sites (tertiary alicyclic amines) is 1. The summed E-state index contributed by atoms with van der Waals surface area (Å²) in [7, 11) is 0. The first-order valence-electron chi connectivity index (χ1n) is 7.97. The Labute approximate surface area is 138 Å². The lowest BCUT2D eigenvalue weighted by atomic mass is 9.88. The molecule has 0 aliphatic carbocycles. The summed E-state index contributed by atoms with van der Waals surface area (Å²) in [6, 6.07) is 3.94. The highest BCUT2D eigenvalue weighted by Crippen LogP contribution is 2.36. The van der Waals surface area contributed by atoms with Crippen molar-refractivity contribution in [2.75, 3.05) is 25.0 Å². The molecule has 0 aromatic carbocycles. The first kappa shape index (κ1) is 14.7. The molecule has 2 saturated heterocycles. The topological polar surface area (TPSA) is 70.2 Å². The van der Waals surface area contributed by atoms with Crippen LogP contribution in [-0.2, 0) is 4.74 Å². The molecule has 2 aromatic heterocycles. The van der Waals surface area contributed by atoms with E-state index in [1.165, 1.54) is 0 Å². The van der Waals surface area contributed by atoms with Crippen molar-refractivity contribution in [3.63, 3.8) is 0 Å². The number of rotatable bonds is 3. The summed E-state index contributed by atoms with van der Waals surface area (Å²) in [5, 5.41) is 6.34. The summed E-state index contributed by atoms with van der Waals surface area (Å²) in [5.41, 5.74) is 0.438. The number of H-pyrrole nitrogens is 1. The number of amides is 1. The van der Waals surface area contributed by atoms with Crippen LogP contribution in [0.2, 0.25) is 0 Å². The van der Waals surface area contributed by atoms with Crippen LogP contribution in [0.4, 0.5) is 5.13 Å². The summed E-state index contributed by atoms with van der Waals surface area (Å²) < 4.78 is 6.15. The fourth-order valence-corrected chi connectivity index (χ4v) is 4.20. The molecule has 2 aliphatic heterocycles. The lowest BCUT2D eigenvalue weighted by molar-refractivity contribution is -0.0448. The van der Waals surface area contributed by atoms with Gasteiger partial charge in [-0.25, -0.2) is 4.98 Å². The third kappa shape index (κ3) is 2.98. The molecular weight excluding hydrogens is 312 g/mol. The standard InChI is InChI=1S/C16H20N4O2S/c21-14(13-3-1-5-17-13)20-7-2-4-16(11-20)9-12(10-22-16)19-15-18-6-8-23-15/h1,3,5-6,8,12,17H,2,4,7,9-11H2,(H,18,19)/t12-,16+/m1/s1. The number of aromatic amines is 1. The van der Waals surface area contributed by atoms with Crippen molar-refractivity contribution in [1.82, 2.24) is 14.9 Å². The zero-order valence-corrected chi connectivity index (χ0v) is 13.6. The van der Waals surface area contributed by atoms with Gasteiger partial charge in [0.15, 0.2) is 5.13 Å². The Morgan fingerprint density at radius 2 is 2.52 bits per heavy atom. The van der Waals surface area contributed by atoms with E-state index in [0.29, 0.717) is 18.8 Å². The van der Waals surface area contributed by atoms with Gasteiger partial charge in [0, 0.05) is 30.7 Å². The van der Waals surface area contributed by atoms with Gasteiger partial charge >= 0.3 is 0 Å². The molecule has 23 heavy (non-hydrogen) atoms. The minimum atomic E-state index is -0.213. The normalized spacial score (nSPS) is 27.5. The number of carbonyl (C=O) groups is 1. The van der Waals surface area contributed by atoms with Crippen molar-refractivity contribution in [3.8, 4) is 0 Å². The number of piperidine rings is 1. The van der Waals surface area contributed by atoms with Crippen LogP contribution < -0.4 is 5.32 Å². The van der Waals surface area contributed by atoms with Crippen molar-refractivity contribution >= 4 is 22.4 Å². The zero-order valence-electron chi connectivity index (χ0n) is 12.8. The first-order chi connectivity index (χ1) is 11.2. The molecule has 0 unspecified atom stereocenters. The van der Waals surface area contributed by atoms with Crippen LogP contribution in [-0.4, -0.2) is 52.1 Å². The van der Waals surface area contributed by atoms with E-state index in [4.69, 9.17) is 4.74 Å². The lowest BCUT2D eigenvalue weighted by Gasteiger charge is -2.39. The van der Waals surface area contributed by atoms with Gasteiger partial charge in [0.25, 0.3) is 5.91 Å². The van der Waals surface area contributed by atoms with Gasteiger partial charge < -0.3 is 19.9 Å². The van der Waals surface area contributed by atoms with Crippen molar-refractivity contribution in [2.45, 2.75) is 30.9 Å². The Hall–Kier alpha value is -1.86. The van der Waals surface area contributed by atoms with Crippen LogP contribution in [0, 0.1) is 0 Å². The third-order valence-electron chi connectivity index (χ3n) is 4.62. The summed E-state index contributed by atoms with van der Waals surface area (Å²) in [6.45, 7) is 2.14. The fraction of sp³-hybridized carbons (Fsp3) is 0.500. The molecule has 4 rings (SSSR count). The molecule has 0 saturated carbocycles. The van der Waals surface area contributed by atoms with Gasteiger partial charge in [-0.15, -0.1) is 11.3 Å². The number of ether oxygens (including phenoxy) is 1. The average Bonchev–Trinajstić information content (AvgIpc) is 3.30. The van der Waals surface area contributed by atoms with Gasteiger partial charge in [-0.3, -0.25) is 4.79 Å². The predicted molar refractivity (Wildman–Crippen MR) is 88.8 cm³/mol. The quantitative estimate of drug-likeness (QED) is 0.905. The minimum absolute atomic E-state index is 0.0639. The third-order valence-corrected chi connectivity index (χ3v) is 5.33. The van der Waals surface area contributed by atoms with Crippen LogP contribution in [0.5, 0.6) is 0 Å². The maximum atomic E-state index is 12.6. The van der Waals surface area contributed by atoms with E-state index in [2.05, 4.69) is 15.3 Å². The minimum Gasteiger partial charge on any atom is -0.371 e. The van der Waals surface area contributed by atoms with Gasteiger partial charge in [0.2, 0.25) is 0 Å². The Morgan fingerprint density at radius 3 is 3.30 bits per heavy atom. The van der Waals surface area contributed by atoms with Crippen molar-refractivity contribution in [3.05, 3.63) is 35.6 Å². The molecule has 0 bridgehead atoms. The van der Waals surface area contributed by atoms with Crippen LogP contribution in [0.25, 0.3) is 0 Å². The van der Waals surface area contributed by atoms with E-state index < -0.39 is 0 Å². The zero-order chi connectivity index (χ0) is 15.7. The van der Waals surface area contributed by atoms with Crippen molar-refractivity contribution in [1.29, 1.82) is 0 Å². The predicted octanol–water partition coefficient (Wildman–Crippen LogP) is 2.35. The molecular formula is C16H20N4O2S. The second-order valence-corrected chi connectivity index (χ2v) is 7.19. The van der Waals surface area contributed by atoms with Gasteiger partial charge in [-0.05, 0) is 25.0 Å². The lowest BCUT2D eigenvalue weighted by Crippen LogP contribution is -2.50. The largest absolute Gasteiger partial charge is 0.371 e. The summed E-state index contributed by atoms with van der Waals surface area (Å²) in [4.78, 5) is 21.7. The molecule has 2 atom stereocenters. The average molecular weight is 332 g/mol. The Morgan fingerprint density at radius 1 is 1.57 bits per heavy atom. The molecule has 0 radical (unpaired) electrons. The fourth-order valence-electron chi connectivity index (χ4n) is 3.60. The Balaban J connectivity index is 1.42. The molecule has 2 aliphatic rings. The second-order valence-electron chi connectivity index (χ2n) is 6.29. The number of nitrogens with zero attached hydrogens (tertiary/aromatic N) is 2. The van der Waals surface area contributed by atoms with E-state index in [1.807, 2.05) is 22.4 Å². The second kappa shape index (κ2) is 5.98. The van der Waals surface area contributed by atoms with Crippen LogP contribution in [0.3, 0.4) is 0 Å². The number of hydrogen-bond acceptors (Lipinski definition) is 5. The van der Waals surface area contributed by atoms with Crippen molar-refractivity contribution in [2.24, 2.45) is 0 Å². The summed E-state index contributed by atoms with van der Waals surface area (Å²) in [6.07, 6.45) is 6.50. The first-order valence-corrected chi connectivity index (χ1v) is 8.85. The number of carbonyl (C=O) groups excluding carboxylic acids is 1. The maximum absolute atomic E-state index is 12.6. The Kier molecular flexibility index (Phi) is 3.82. The van der Waals surface area contributed by atoms with Crippen LogP contribution >= 0.6 is 11.3 Å². The van der Waals surface area contributed by atoms with E-state index in [-0.39, 0.29) is 17.6 Å². The molecule has 1 spiro atoms. The molecule has 1 amide bonds. The SMILES string of the molecule is O=C(c1ccc[nH]1)N1CCC[C@]2(C[C@@H](Nc3nccs3)CO2)C1. The van der Waals surface area contributed by atoms with E-state index in [0.717, 1.165) is 30.9 Å². The molecule has 2 N–H and O–H groups in total. The smallest absolute Gasteiger partial charge is 0.270 e. The molecule has 2 aromatic rings. The molecule has 7 heteroatoms. The highest BCUT2D eigenvalue weighted by Gasteiger charge is 2.44. The number of aromatic nitrogens is 2. The molecule has 4 heterocycles. The highest BCUT2D eigenvalue weighted by atomic mass is 32.1. The maximum Gasteiger partial charge on any atom is 0.270 e. The number of anilines is 1. The van der Waals surface area contributed by atoms with Gasteiger partial charge in [0.05, 0.1) is 24.8 Å². The van der Waals surface area contributed by atoms with E-state index in [9.17, 15) is 4.79 Å². The van der Waals surface area contributed by atoms with E-state index >= 15 is 0 Å². The monoisotopic (exact) mass is 332 g/mol. The molecule has 2 fully saturated rings. The summed E-state index contributed by atoms with van der Waals surface area (Å²) in [5.74, 6) is 0.0639.